The Kier molecular flexibility index (Phi) is 5.16. The second-order valence-electron chi connectivity index (χ2n) is 6.66. The monoisotopic (exact) mass is 322 g/mol. The third-order valence-corrected chi connectivity index (χ3v) is 6.12. The maximum Gasteiger partial charge on any atom is 0.223 e. The number of thiophene rings is 1. The molecule has 22 heavy (non-hydrogen) atoms. The van der Waals surface area contributed by atoms with Crippen molar-refractivity contribution in [2.45, 2.75) is 44.6 Å². The highest BCUT2D eigenvalue weighted by Crippen LogP contribution is 2.39. The number of morpholine rings is 1. The van der Waals surface area contributed by atoms with Crippen LogP contribution in [0.5, 0.6) is 0 Å². The lowest BCUT2D eigenvalue weighted by atomic mass is 9.71. The molecule has 2 fully saturated rings. The van der Waals surface area contributed by atoms with Crippen molar-refractivity contribution < 1.29 is 9.53 Å². The highest BCUT2D eigenvalue weighted by atomic mass is 32.1. The summed E-state index contributed by atoms with van der Waals surface area (Å²) in [5.74, 6) is 0.261. The van der Waals surface area contributed by atoms with Gasteiger partial charge in [-0.25, -0.2) is 0 Å². The molecule has 1 aliphatic heterocycles. The van der Waals surface area contributed by atoms with Crippen molar-refractivity contribution in [2.75, 3.05) is 26.2 Å². The van der Waals surface area contributed by atoms with Gasteiger partial charge in [-0.15, -0.1) is 11.3 Å². The van der Waals surface area contributed by atoms with Crippen LogP contribution < -0.4 is 5.73 Å². The van der Waals surface area contributed by atoms with Gasteiger partial charge in [0.15, 0.2) is 0 Å². The molecule has 1 aromatic rings. The van der Waals surface area contributed by atoms with Gasteiger partial charge in [-0.3, -0.25) is 4.79 Å². The lowest BCUT2D eigenvalue weighted by Crippen LogP contribution is -2.45. The van der Waals surface area contributed by atoms with E-state index in [9.17, 15) is 4.79 Å². The summed E-state index contributed by atoms with van der Waals surface area (Å²) in [6.45, 7) is 2.66. The van der Waals surface area contributed by atoms with E-state index in [0.29, 0.717) is 32.7 Å². The van der Waals surface area contributed by atoms with Crippen molar-refractivity contribution in [2.24, 2.45) is 11.1 Å². The Bertz CT molecular complexity index is 483. The van der Waals surface area contributed by atoms with E-state index in [1.54, 1.807) is 11.3 Å². The first-order valence-electron chi connectivity index (χ1n) is 8.35. The van der Waals surface area contributed by atoms with Gasteiger partial charge in [0.25, 0.3) is 0 Å². The van der Waals surface area contributed by atoms with E-state index in [0.717, 1.165) is 12.8 Å². The van der Waals surface area contributed by atoms with Gasteiger partial charge in [0.2, 0.25) is 5.91 Å². The Morgan fingerprint density at radius 1 is 1.41 bits per heavy atom. The Hall–Kier alpha value is -0.910. The van der Waals surface area contributed by atoms with Crippen LogP contribution in [0, 0.1) is 5.41 Å². The zero-order valence-electron chi connectivity index (χ0n) is 13.1. The zero-order chi connectivity index (χ0) is 15.4. The Labute approximate surface area is 136 Å². The minimum atomic E-state index is 0.0397. The normalized spacial score (nSPS) is 25.1. The second-order valence-corrected chi connectivity index (χ2v) is 7.64. The first-order valence-corrected chi connectivity index (χ1v) is 9.23. The summed E-state index contributed by atoms with van der Waals surface area (Å²) in [5.41, 5.74) is 6.07. The molecule has 2 heterocycles. The third-order valence-electron chi connectivity index (χ3n) is 5.15. The van der Waals surface area contributed by atoms with E-state index in [-0.39, 0.29) is 17.4 Å². The molecule has 0 bridgehead atoms. The third kappa shape index (κ3) is 3.53. The maximum atomic E-state index is 12.8. The van der Waals surface area contributed by atoms with Crippen LogP contribution in [0.2, 0.25) is 0 Å². The van der Waals surface area contributed by atoms with Crippen molar-refractivity contribution in [3.05, 3.63) is 22.4 Å². The topological polar surface area (TPSA) is 55.6 Å². The fraction of sp³-hybridized carbons (Fsp3) is 0.706. The van der Waals surface area contributed by atoms with Gasteiger partial charge in [-0.05, 0) is 36.2 Å². The molecule has 1 amide bonds. The molecule has 1 aliphatic carbocycles. The van der Waals surface area contributed by atoms with Crippen LogP contribution in [0.4, 0.5) is 0 Å². The van der Waals surface area contributed by atoms with E-state index in [1.807, 2.05) is 11.0 Å². The molecule has 1 saturated carbocycles. The van der Waals surface area contributed by atoms with Crippen LogP contribution >= 0.6 is 11.3 Å². The number of rotatable bonds is 4. The Balaban J connectivity index is 1.61. The van der Waals surface area contributed by atoms with Gasteiger partial charge < -0.3 is 15.4 Å². The number of hydrogen-bond acceptors (Lipinski definition) is 4. The van der Waals surface area contributed by atoms with E-state index in [2.05, 4.69) is 11.4 Å². The molecule has 0 spiro atoms. The first-order chi connectivity index (χ1) is 10.7. The van der Waals surface area contributed by atoms with Crippen molar-refractivity contribution in [1.29, 1.82) is 0 Å². The van der Waals surface area contributed by atoms with Crippen molar-refractivity contribution in [1.82, 2.24) is 4.90 Å². The van der Waals surface area contributed by atoms with Crippen molar-refractivity contribution in [3.8, 4) is 0 Å². The summed E-state index contributed by atoms with van der Waals surface area (Å²) in [6.07, 6.45) is 6.57. The highest BCUT2D eigenvalue weighted by Gasteiger charge is 2.35. The van der Waals surface area contributed by atoms with Crippen molar-refractivity contribution in [3.63, 3.8) is 0 Å². The largest absolute Gasteiger partial charge is 0.369 e. The summed E-state index contributed by atoms with van der Waals surface area (Å²) in [7, 11) is 0. The maximum absolute atomic E-state index is 12.8. The van der Waals surface area contributed by atoms with Crippen LogP contribution in [-0.2, 0) is 9.53 Å². The second kappa shape index (κ2) is 7.11. The predicted octanol–water partition coefficient (Wildman–Crippen LogP) is 2.95. The summed E-state index contributed by atoms with van der Waals surface area (Å²) < 4.78 is 5.84. The van der Waals surface area contributed by atoms with E-state index in [4.69, 9.17) is 10.5 Å². The van der Waals surface area contributed by atoms with Crippen LogP contribution in [0.15, 0.2) is 17.5 Å². The standard InChI is InChI=1S/C17H26N2O2S/c18-13-17(6-2-1-3-7-17)11-16(20)19-8-9-21-14(12-19)15-5-4-10-22-15/h4-5,10,14H,1-3,6-9,11-13,18H2. The van der Waals surface area contributed by atoms with E-state index in [1.165, 1.54) is 24.1 Å². The van der Waals surface area contributed by atoms with Crippen LogP contribution in [0.1, 0.15) is 49.5 Å². The van der Waals surface area contributed by atoms with Crippen LogP contribution in [0.25, 0.3) is 0 Å². The molecule has 1 aromatic heterocycles. The molecule has 1 saturated heterocycles. The molecule has 122 valence electrons. The molecule has 2 aliphatic rings. The number of amides is 1. The number of nitrogens with two attached hydrogens (primary N) is 1. The smallest absolute Gasteiger partial charge is 0.223 e. The molecular formula is C17H26N2O2S. The number of ether oxygens (including phenoxy) is 1. The Morgan fingerprint density at radius 3 is 2.91 bits per heavy atom. The van der Waals surface area contributed by atoms with E-state index < -0.39 is 0 Å². The number of carbonyl (C=O) groups is 1. The average molecular weight is 322 g/mol. The molecular weight excluding hydrogens is 296 g/mol. The SMILES string of the molecule is NCC1(CC(=O)N2CCOC(c3cccs3)C2)CCCCC1. The Morgan fingerprint density at radius 2 is 2.23 bits per heavy atom. The van der Waals surface area contributed by atoms with Gasteiger partial charge in [0.1, 0.15) is 6.10 Å². The summed E-state index contributed by atoms with van der Waals surface area (Å²) in [4.78, 5) is 16.0. The molecule has 1 atom stereocenters. The molecule has 2 N–H and O–H groups in total. The summed E-state index contributed by atoms with van der Waals surface area (Å²) in [6, 6.07) is 4.13. The zero-order valence-corrected chi connectivity index (χ0v) is 13.9. The van der Waals surface area contributed by atoms with Gasteiger partial charge in [-0.2, -0.15) is 0 Å². The quantitative estimate of drug-likeness (QED) is 0.927. The number of carbonyl (C=O) groups excluding carboxylic acids is 1. The van der Waals surface area contributed by atoms with E-state index >= 15 is 0 Å². The number of nitrogens with zero attached hydrogens (tertiary/aromatic N) is 1. The predicted molar refractivity (Wildman–Crippen MR) is 88.8 cm³/mol. The fourth-order valence-corrected chi connectivity index (χ4v) is 4.48. The average Bonchev–Trinajstić information content (AvgIpc) is 3.10. The summed E-state index contributed by atoms with van der Waals surface area (Å²) >= 11 is 1.70. The lowest BCUT2D eigenvalue weighted by molar-refractivity contribution is -0.141. The van der Waals surface area contributed by atoms with Gasteiger partial charge in [-0.1, -0.05) is 25.3 Å². The molecule has 0 radical (unpaired) electrons. The molecule has 5 heteroatoms. The highest BCUT2D eigenvalue weighted by molar-refractivity contribution is 7.10. The molecule has 0 aromatic carbocycles. The minimum Gasteiger partial charge on any atom is -0.369 e. The lowest BCUT2D eigenvalue weighted by Gasteiger charge is -2.39. The van der Waals surface area contributed by atoms with Gasteiger partial charge >= 0.3 is 0 Å². The summed E-state index contributed by atoms with van der Waals surface area (Å²) in [5, 5.41) is 2.06. The van der Waals surface area contributed by atoms with Crippen LogP contribution in [0.3, 0.4) is 0 Å². The number of hydrogen-bond donors (Lipinski definition) is 1. The molecule has 4 nitrogen and oxygen atoms in total. The molecule has 1 unspecified atom stereocenters. The molecule has 3 rings (SSSR count). The van der Waals surface area contributed by atoms with Gasteiger partial charge in [0.05, 0.1) is 13.2 Å². The fourth-order valence-electron chi connectivity index (χ4n) is 3.71. The van der Waals surface area contributed by atoms with Crippen LogP contribution in [-0.4, -0.2) is 37.0 Å². The first kappa shape index (κ1) is 16.0. The van der Waals surface area contributed by atoms with Gasteiger partial charge in [0, 0.05) is 17.8 Å². The van der Waals surface area contributed by atoms with Crippen molar-refractivity contribution >= 4 is 17.2 Å². The minimum absolute atomic E-state index is 0.0397.